The number of hydrogen-bond donors (Lipinski definition) is 3. The van der Waals surface area contributed by atoms with Crippen LogP contribution in [0.25, 0.3) is 0 Å². The molecule has 0 bridgehead atoms. The summed E-state index contributed by atoms with van der Waals surface area (Å²) in [6, 6.07) is 60.7. The maximum absolute atomic E-state index is 8.69. The molecule has 8 nitrogen and oxygen atoms in total. The minimum Gasteiger partial charge on any atom is -0.450 e. The minimum absolute atomic E-state index is 0.0153. The average Bonchev–Trinajstić information content (AvgIpc) is 3.88. The van der Waals surface area contributed by atoms with E-state index in [1.807, 2.05) is 105 Å². The highest BCUT2D eigenvalue weighted by atomic mass is 16.6. The van der Waals surface area contributed by atoms with Crippen LogP contribution in [0.4, 0.5) is 5.69 Å². The number of allylic oxidation sites excluding steroid dienone is 4. The average molecular weight is 911 g/mol. The third-order valence-electron chi connectivity index (χ3n) is 12.4. The van der Waals surface area contributed by atoms with Crippen LogP contribution in [0.3, 0.4) is 0 Å². The molecule has 0 spiro atoms. The molecular weight excluding hydrogens is 849 g/mol. The highest BCUT2D eigenvalue weighted by Gasteiger charge is 2.33. The number of rotatable bonds is 12. The van der Waals surface area contributed by atoms with Gasteiger partial charge in [-0.05, 0) is 110 Å². The Hall–Kier alpha value is -7.97. The summed E-state index contributed by atoms with van der Waals surface area (Å²) < 4.78 is 12.3. The molecule has 0 amide bonds. The number of nitrogens with zero attached hydrogens (tertiary/aromatic N) is 3. The van der Waals surface area contributed by atoms with Gasteiger partial charge >= 0.3 is 0 Å². The van der Waals surface area contributed by atoms with Gasteiger partial charge in [-0.3, -0.25) is 21.1 Å². The zero-order valence-corrected chi connectivity index (χ0v) is 40.2. The van der Waals surface area contributed by atoms with Crippen molar-refractivity contribution in [2.45, 2.75) is 78.8 Å². The summed E-state index contributed by atoms with van der Waals surface area (Å²) in [6.07, 6.45) is 11.8. The summed E-state index contributed by atoms with van der Waals surface area (Å²) in [4.78, 5) is 4.05. The highest BCUT2D eigenvalue weighted by molar-refractivity contribution is 6.27. The van der Waals surface area contributed by atoms with Gasteiger partial charge in [0.05, 0.1) is 0 Å². The second kappa shape index (κ2) is 23.2. The van der Waals surface area contributed by atoms with Gasteiger partial charge in [-0.2, -0.15) is 5.10 Å². The van der Waals surface area contributed by atoms with Crippen molar-refractivity contribution >= 4 is 23.2 Å². The number of ether oxygens (including phenoxy) is 2. The number of benzene rings is 7. The molecule has 3 N–H and O–H groups in total. The summed E-state index contributed by atoms with van der Waals surface area (Å²) in [6.45, 7) is 8.26. The summed E-state index contributed by atoms with van der Waals surface area (Å²) in [5.74, 6) is 4.73. The van der Waals surface area contributed by atoms with Crippen molar-refractivity contribution in [3.63, 3.8) is 0 Å². The molecule has 348 valence electrons. The van der Waals surface area contributed by atoms with Gasteiger partial charge in [0, 0.05) is 28.1 Å². The summed E-state index contributed by atoms with van der Waals surface area (Å²) in [7, 11) is 0. The lowest BCUT2D eigenvalue weighted by Gasteiger charge is -2.31. The molecule has 2 heterocycles. The molecule has 10 rings (SSSR count). The van der Waals surface area contributed by atoms with E-state index in [4.69, 9.17) is 25.4 Å². The first-order valence-corrected chi connectivity index (χ1v) is 24.4. The molecule has 8 heteroatoms. The molecule has 0 fully saturated rings. The fourth-order valence-electron chi connectivity index (χ4n) is 8.65. The van der Waals surface area contributed by atoms with E-state index in [9.17, 15) is 0 Å². The van der Waals surface area contributed by atoms with Crippen LogP contribution < -0.4 is 19.8 Å². The highest BCUT2D eigenvalue weighted by Crippen LogP contribution is 2.46. The topological polar surface area (TPSA) is 97.0 Å². The first-order chi connectivity index (χ1) is 33.9. The summed E-state index contributed by atoms with van der Waals surface area (Å²) in [5.41, 5.74) is 14.6. The third-order valence-corrected chi connectivity index (χ3v) is 12.4. The van der Waals surface area contributed by atoms with E-state index < -0.39 is 0 Å². The Bertz CT molecular complexity index is 2860. The number of aryl methyl sites for hydroxylation is 3. The normalized spacial score (nSPS) is 14.2. The number of amidine groups is 3. The van der Waals surface area contributed by atoms with Crippen LogP contribution in [0.5, 0.6) is 23.0 Å². The second-order valence-corrected chi connectivity index (χ2v) is 16.9. The molecule has 1 unspecified atom stereocenters. The van der Waals surface area contributed by atoms with Gasteiger partial charge in [0.15, 0.2) is 28.8 Å². The molecule has 0 saturated heterocycles. The van der Waals surface area contributed by atoms with Gasteiger partial charge in [-0.15, -0.1) is 0 Å². The monoisotopic (exact) mass is 910 g/mol. The molecule has 69 heavy (non-hydrogen) atoms. The second-order valence-electron chi connectivity index (χ2n) is 16.9. The lowest BCUT2D eigenvalue weighted by molar-refractivity contribution is 0.354. The Morgan fingerprint density at radius 2 is 1.10 bits per heavy atom. The third kappa shape index (κ3) is 11.4. The van der Waals surface area contributed by atoms with Gasteiger partial charge in [-0.1, -0.05) is 185 Å². The molecule has 0 aromatic heterocycles. The SMILES string of the molecule is CC.CCc1ccc(N(C(=N)c2ccccc2)C(=N)c2ccccc2)cc1.CCc1ccc2c(c1)Oc1ccc(CCCC3=CC=C(N4C(c5ccccc5)=NNC4c4ccccc4)CC3)cc1O2. The number of anilines is 1. The van der Waals surface area contributed by atoms with Crippen LogP contribution in [0.15, 0.2) is 211 Å². The lowest BCUT2D eigenvalue weighted by atomic mass is 9.95. The van der Waals surface area contributed by atoms with Gasteiger partial charge in [0.25, 0.3) is 0 Å². The largest absolute Gasteiger partial charge is 0.450 e. The van der Waals surface area contributed by atoms with Crippen molar-refractivity contribution in [2.75, 3.05) is 4.90 Å². The maximum Gasteiger partial charge on any atom is 0.170 e. The number of hydrazone groups is 1. The smallest absolute Gasteiger partial charge is 0.170 e. The predicted molar refractivity (Wildman–Crippen MR) is 284 cm³/mol. The van der Waals surface area contributed by atoms with E-state index in [-0.39, 0.29) is 6.17 Å². The van der Waals surface area contributed by atoms with Gasteiger partial charge in [0.2, 0.25) is 0 Å². The van der Waals surface area contributed by atoms with E-state index in [1.165, 1.54) is 33.5 Å². The lowest BCUT2D eigenvalue weighted by Crippen LogP contribution is -2.37. The molecule has 1 atom stereocenters. The number of fused-ring (bicyclic) bond motifs is 2. The molecular formula is C61H62N6O2. The Kier molecular flexibility index (Phi) is 16.0. The minimum atomic E-state index is -0.0153. The van der Waals surface area contributed by atoms with Crippen LogP contribution in [-0.4, -0.2) is 22.4 Å². The summed E-state index contributed by atoms with van der Waals surface area (Å²) in [5, 5.41) is 22.2. The van der Waals surface area contributed by atoms with Crippen LogP contribution in [0, 0.1) is 10.8 Å². The zero-order valence-electron chi connectivity index (χ0n) is 40.2. The van der Waals surface area contributed by atoms with E-state index in [2.05, 4.69) is 127 Å². The van der Waals surface area contributed by atoms with Crippen molar-refractivity contribution in [3.8, 4) is 23.0 Å². The first-order valence-electron chi connectivity index (χ1n) is 24.4. The Morgan fingerprint density at radius 1 is 0.580 bits per heavy atom. The van der Waals surface area contributed by atoms with Crippen molar-refractivity contribution in [1.82, 2.24) is 10.3 Å². The molecule has 2 aliphatic heterocycles. The van der Waals surface area contributed by atoms with Gasteiger partial charge in [-0.25, -0.2) is 0 Å². The van der Waals surface area contributed by atoms with Gasteiger partial charge < -0.3 is 14.4 Å². The van der Waals surface area contributed by atoms with Crippen molar-refractivity contribution in [2.24, 2.45) is 5.10 Å². The van der Waals surface area contributed by atoms with E-state index in [1.54, 1.807) is 4.90 Å². The van der Waals surface area contributed by atoms with Gasteiger partial charge in [0.1, 0.15) is 17.8 Å². The molecule has 1 aliphatic carbocycles. The van der Waals surface area contributed by atoms with E-state index >= 15 is 0 Å². The van der Waals surface area contributed by atoms with Crippen molar-refractivity contribution in [3.05, 3.63) is 244 Å². The van der Waals surface area contributed by atoms with Crippen LogP contribution in [-0.2, 0) is 19.3 Å². The summed E-state index contributed by atoms with van der Waals surface area (Å²) >= 11 is 0. The zero-order chi connectivity index (χ0) is 48.0. The maximum atomic E-state index is 8.69. The van der Waals surface area contributed by atoms with E-state index in [0.29, 0.717) is 11.7 Å². The van der Waals surface area contributed by atoms with E-state index in [0.717, 1.165) is 96.2 Å². The Balaban J connectivity index is 0.000000203. The first kappa shape index (κ1) is 47.5. The fourth-order valence-corrected chi connectivity index (χ4v) is 8.65. The van der Waals surface area contributed by atoms with Crippen molar-refractivity contribution in [1.29, 1.82) is 10.8 Å². The molecule has 0 radical (unpaired) electrons. The standard InChI is InChI=1S/C37H35N3O2.C22H21N3.C2H6/c1-2-26-18-22-32-34(24-26)41-33-23-19-28(25-35(33)42-32)11-9-10-27-16-20-31(21-17-27)40-36(29-12-5-3-6-13-29)38-39-37(40)30-14-7-4-8-15-30;1-2-17-13-15-20(16-14-17)25(21(23)18-9-5-3-6-10-18)22(24)19-11-7-4-8-12-19;1-2/h3-8,12-16,18-20,22-25,36,38H,2,9-11,17,21H2,1H3;3-16,23-24H,2H2,1H3;1-2H3. The van der Waals surface area contributed by atoms with Crippen molar-refractivity contribution < 1.29 is 9.47 Å². The van der Waals surface area contributed by atoms with Crippen LogP contribution in [0.2, 0.25) is 0 Å². The number of nitrogens with one attached hydrogen (secondary N) is 3. The molecule has 7 aromatic rings. The molecule has 3 aliphatic rings. The Morgan fingerprint density at radius 3 is 1.65 bits per heavy atom. The fraction of sp³-hybridized carbons (Fsp3) is 0.197. The van der Waals surface area contributed by atoms with Crippen LogP contribution >= 0.6 is 0 Å². The Labute approximate surface area is 408 Å². The quantitative estimate of drug-likeness (QED) is 0.0838. The molecule has 7 aromatic carbocycles. The van der Waals surface area contributed by atoms with Crippen LogP contribution in [0.1, 0.15) is 98.5 Å². The molecule has 0 saturated carbocycles. The number of hydrogen-bond acceptors (Lipinski definition) is 7. The predicted octanol–water partition coefficient (Wildman–Crippen LogP) is 15.2.